The predicted molar refractivity (Wildman–Crippen MR) is 102 cm³/mol. The van der Waals surface area contributed by atoms with E-state index < -0.39 is 0 Å². The van der Waals surface area contributed by atoms with Gasteiger partial charge < -0.3 is 4.98 Å². The van der Waals surface area contributed by atoms with E-state index in [1.165, 1.54) is 33.8 Å². The van der Waals surface area contributed by atoms with Gasteiger partial charge in [-0.25, -0.2) is 0 Å². The molecule has 0 fully saturated rings. The SMILES string of the molecule is CC(C)(C)CC(c1cccc2[nH]c3ccccc3c12)C(C)(C)C. The molecule has 3 rings (SSSR count). The Morgan fingerprint density at radius 3 is 2.13 bits per heavy atom. The van der Waals surface area contributed by atoms with Gasteiger partial charge in [-0.05, 0) is 40.9 Å². The highest BCUT2D eigenvalue weighted by molar-refractivity contribution is 6.09. The fraction of sp³-hybridized carbons (Fsp3) is 0.455. The largest absolute Gasteiger partial charge is 0.355 e. The number of aromatic amines is 1. The molecule has 1 atom stereocenters. The van der Waals surface area contributed by atoms with Crippen LogP contribution in [-0.2, 0) is 0 Å². The summed E-state index contributed by atoms with van der Waals surface area (Å²) in [6.07, 6.45) is 1.19. The molecule has 0 aliphatic rings. The van der Waals surface area contributed by atoms with Crippen molar-refractivity contribution in [1.29, 1.82) is 0 Å². The van der Waals surface area contributed by atoms with Crippen molar-refractivity contribution in [3.63, 3.8) is 0 Å². The lowest BCUT2D eigenvalue weighted by molar-refractivity contribution is 0.230. The first kappa shape index (κ1) is 16.1. The second-order valence-electron chi connectivity index (χ2n) is 9.12. The van der Waals surface area contributed by atoms with Gasteiger partial charge in [0.2, 0.25) is 0 Å². The standard InChI is InChI=1S/C22H29N/c1-21(2,3)14-17(22(4,5)6)15-11-9-13-19-20(15)16-10-7-8-12-18(16)23-19/h7-13,17,23H,14H2,1-6H3. The highest BCUT2D eigenvalue weighted by atomic mass is 14.7. The number of rotatable bonds is 2. The maximum atomic E-state index is 3.59. The monoisotopic (exact) mass is 307 g/mol. The molecule has 0 aliphatic carbocycles. The molecule has 2 aromatic carbocycles. The summed E-state index contributed by atoms with van der Waals surface area (Å²) in [5.41, 5.74) is 4.53. The molecule has 0 amide bonds. The van der Waals surface area contributed by atoms with Crippen LogP contribution in [0.1, 0.15) is 59.4 Å². The van der Waals surface area contributed by atoms with Crippen molar-refractivity contribution in [2.24, 2.45) is 10.8 Å². The first-order valence-corrected chi connectivity index (χ1v) is 8.66. The van der Waals surface area contributed by atoms with E-state index in [4.69, 9.17) is 0 Å². The second-order valence-corrected chi connectivity index (χ2v) is 9.12. The van der Waals surface area contributed by atoms with Crippen molar-refractivity contribution in [1.82, 2.24) is 4.98 Å². The minimum atomic E-state index is 0.236. The van der Waals surface area contributed by atoms with Crippen LogP contribution >= 0.6 is 0 Å². The summed E-state index contributed by atoms with van der Waals surface area (Å²) in [7, 11) is 0. The average molecular weight is 307 g/mol. The number of benzene rings is 2. The molecule has 3 aromatic rings. The molecule has 0 radical (unpaired) electrons. The molecule has 0 bridgehead atoms. The van der Waals surface area contributed by atoms with Gasteiger partial charge in [-0.1, -0.05) is 71.9 Å². The number of fused-ring (bicyclic) bond motifs is 3. The van der Waals surface area contributed by atoms with Gasteiger partial charge in [-0.3, -0.25) is 0 Å². The van der Waals surface area contributed by atoms with Crippen molar-refractivity contribution in [3.05, 3.63) is 48.0 Å². The molecule has 1 aromatic heterocycles. The Hall–Kier alpha value is -1.76. The lowest BCUT2D eigenvalue weighted by atomic mass is 9.68. The van der Waals surface area contributed by atoms with E-state index in [9.17, 15) is 0 Å². The minimum Gasteiger partial charge on any atom is -0.355 e. The van der Waals surface area contributed by atoms with Crippen LogP contribution in [0.2, 0.25) is 0 Å². The fourth-order valence-electron chi connectivity index (χ4n) is 3.72. The third-order valence-corrected chi connectivity index (χ3v) is 4.80. The Morgan fingerprint density at radius 1 is 0.826 bits per heavy atom. The zero-order valence-electron chi connectivity index (χ0n) is 15.3. The molecule has 1 heteroatoms. The Labute approximate surface area is 140 Å². The van der Waals surface area contributed by atoms with E-state index in [1.807, 2.05) is 0 Å². The molecule has 1 nitrogen and oxygen atoms in total. The summed E-state index contributed by atoms with van der Waals surface area (Å²) in [6.45, 7) is 14.2. The highest BCUT2D eigenvalue weighted by Gasteiger charge is 2.31. The number of hydrogen-bond donors (Lipinski definition) is 1. The summed E-state index contributed by atoms with van der Waals surface area (Å²) >= 11 is 0. The van der Waals surface area contributed by atoms with Crippen molar-refractivity contribution in [2.45, 2.75) is 53.9 Å². The van der Waals surface area contributed by atoms with Crippen LogP contribution in [0.15, 0.2) is 42.5 Å². The third kappa shape index (κ3) is 3.15. The molecule has 23 heavy (non-hydrogen) atoms. The third-order valence-electron chi connectivity index (χ3n) is 4.80. The van der Waals surface area contributed by atoms with Gasteiger partial charge >= 0.3 is 0 Å². The zero-order valence-corrected chi connectivity index (χ0v) is 15.3. The summed E-state index contributed by atoms with van der Waals surface area (Å²) in [4.78, 5) is 3.59. The van der Waals surface area contributed by atoms with Crippen LogP contribution in [0.5, 0.6) is 0 Å². The van der Waals surface area contributed by atoms with E-state index in [1.54, 1.807) is 0 Å². The van der Waals surface area contributed by atoms with Crippen LogP contribution in [0.4, 0.5) is 0 Å². The molecule has 122 valence electrons. The van der Waals surface area contributed by atoms with Gasteiger partial charge in [0.05, 0.1) is 0 Å². The molecule has 1 N–H and O–H groups in total. The molecule has 0 saturated carbocycles. The summed E-state index contributed by atoms with van der Waals surface area (Å²) in [6, 6.07) is 15.4. The maximum Gasteiger partial charge on any atom is 0.0467 e. The average Bonchev–Trinajstić information content (AvgIpc) is 2.81. The normalized spacial score (nSPS) is 14.5. The quantitative estimate of drug-likeness (QED) is 0.530. The molecule has 0 spiro atoms. The smallest absolute Gasteiger partial charge is 0.0467 e. The Balaban J connectivity index is 2.28. The lowest BCUT2D eigenvalue weighted by Crippen LogP contribution is -2.24. The van der Waals surface area contributed by atoms with E-state index in [0.717, 1.165) is 0 Å². The molecule has 1 unspecified atom stereocenters. The minimum absolute atomic E-state index is 0.236. The van der Waals surface area contributed by atoms with Crippen molar-refractivity contribution < 1.29 is 0 Å². The lowest BCUT2D eigenvalue weighted by Gasteiger charge is -2.36. The van der Waals surface area contributed by atoms with Crippen molar-refractivity contribution in [3.8, 4) is 0 Å². The first-order valence-electron chi connectivity index (χ1n) is 8.66. The van der Waals surface area contributed by atoms with Gasteiger partial charge in [-0.2, -0.15) is 0 Å². The number of nitrogens with one attached hydrogen (secondary N) is 1. The molecule has 0 aliphatic heterocycles. The Bertz CT molecular complexity index is 824. The molecular weight excluding hydrogens is 278 g/mol. The zero-order chi connectivity index (χ0) is 16.8. The van der Waals surface area contributed by atoms with Gasteiger partial charge in [0, 0.05) is 21.8 Å². The number of H-pyrrole nitrogens is 1. The van der Waals surface area contributed by atoms with Gasteiger partial charge in [0.15, 0.2) is 0 Å². The van der Waals surface area contributed by atoms with E-state index in [2.05, 4.69) is 89.0 Å². The number of aromatic nitrogens is 1. The molecule has 1 heterocycles. The molecule has 0 saturated heterocycles. The second kappa shape index (κ2) is 5.40. The first-order chi connectivity index (χ1) is 10.7. The Kier molecular flexibility index (Phi) is 3.78. The van der Waals surface area contributed by atoms with Gasteiger partial charge in [0.1, 0.15) is 0 Å². The fourth-order valence-corrected chi connectivity index (χ4v) is 3.72. The van der Waals surface area contributed by atoms with Crippen LogP contribution in [-0.4, -0.2) is 4.98 Å². The van der Waals surface area contributed by atoms with Crippen molar-refractivity contribution >= 4 is 21.8 Å². The van der Waals surface area contributed by atoms with Crippen LogP contribution in [0.25, 0.3) is 21.8 Å². The highest BCUT2D eigenvalue weighted by Crippen LogP contribution is 2.46. The van der Waals surface area contributed by atoms with Crippen molar-refractivity contribution in [2.75, 3.05) is 0 Å². The van der Waals surface area contributed by atoms with Crippen LogP contribution < -0.4 is 0 Å². The van der Waals surface area contributed by atoms with E-state index in [-0.39, 0.29) is 5.41 Å². The summed E-state index contributed by atoms with van der Waals surface area (Å²) < 4.78 is 0. The number of hydrogen-bond acceptors (Lipinski definition) is 0. The Morgan fingerprint density at radius 2 is 1.48 bits per heavy atom. The summed E-state index contributed by atoms with van der Waals surface area (Å²) in [5, 5.41) is 2.76. The predicted octanol–water partition coefficient (Wildman–Crippen LogP) is 6.89. The molecular formula is C22H29N. The van der Waals surface area contributed by atoms with Gasteiger partial charge in [-0.15, -0.1) is 0 Å². The number of para-hydroxylation sites is 1. The van der Waals surface area contributed by atoms with Gasteiger partial charge in [0.25, 0.3) is 0 Å². The van der Waals surface area contributed by atoms with E-state index >= 15 is 0 Å². The van der Waals surface area contributed by atoms with Crippen LogP contribution in [0, 0.1) is 10.8 Å². The van der Waals surface area contributed by atoms with E-state index in [0.29, 0.717) is 11.3 Å². The summed E-state index contributed by atoms with van der Waals surface area (Å²) in [5.74, 6) is 0.533. The maximum absolute atomic E-state index is 3.59. The van der Waals surface area contributed by atoms with Crippen LogP contribution in [0.3, 0.4) is 0 Å². The topological polar surface area (TPSA) is 15.8 Å².